The molecule has 13 heavy (non-hydrogen) atoms. The number of alkyl halides is 4. The van der Waals surface area contributed by atoms with E-state index in [4.69, 9.17) is 0 Å². The molecule has 0 bridgehead atoms. The highest BCUT2D eigenvalue weighted by Gasteiger charge is 2.33. The minimum atomic E-state index is -4.59. The standard InChI is InChI=1S/C7H4BrF4N/c8-2-4-3-13-6(1-5(4)9)7(10,11)12/h1,3H,2H2. The lowest BCUT2D eigenvalue weighted by molar-refractivity contribution is -0.141. The molecule has 0 amide bonds. The van der Waals surface area contributed by atoms with Crippen LogP contribution in [0, 0.1) is 5.82 Å². The molecule has 0 N–H and O–H groups in total. The van der Waals surface area contributed by atoms with Gasteiger partial charge < -0.3 is 0 Å². The predicted molar refractivity (Wildman–Crippen MR) is 41.8 cm³/mol. The zero-order chi connectivity index (χ0) is 10.1. The summed E-state index contributed by atoms with van der Waals surface area (Å²) >= 11 is 2.92. The van der Waals surface area contributed by atoms with E-state index >= 15 is 0 Å². The van der Waals surface area contributed by atoms with Gasteiger partial charge in [0.25, 0.3) is 0 Å². The molecular formula is C7H4BrF4N. The molecule has 0 fully saturated rings. The maximum atomic E-state index is 12.8. The van der Waals surface area contributed by atoms with Crippen LogP contribution < -0.4 is 0 Å². The molecule has 1 heterocycles. The SMILES string of the molecule is Fc1cc(C(F)(F)F)ncc1CBr. The third-order valence-electron chi connectivity index (χ3n) is 1.36. The molecule has 0 unspecified atom stereocenters. The van der Waals surface area contributed by atoms with Gasteiger partial charge in [-0.1, -0.05) is 15.9 Å². The molecule has 0 aliphatic heterocycles. The fourth-order valence-electron chi connectivity index (χ4n) is 0.712. The Hall–Kier alpha value is -0.650. The van der Waals surface area contributed by atoms with Gasteiger partial charge >= 0.3 is 6.18 Å². The van der Waals surface area contributed by atoms with Gasteiger partial charge in [0.15, 0.2) is 0 Å². The van der Waals surface area contributed by atoms with Crippen molar-refractivity contribution in [2.45, 2.75) is 11.5 Å². The summed E-state index contributed by atoms with van der Waals surface area (Å²) < 4.78 is 48.7. The summed E-state index contributed by atoms with van der Waals surface area (Å²) in [6, 6.07) is 0.386. The molecule has 1 aromatic rings. The van der Waals surface area contributed by atoms with E-state index in [0.717, 1.165) is 6.20 Å². The number of hydrogen-bond acceptors (Lipinski definition) is 1. The van der Waals surface area contributed by atoms with Crippen LogP contribution in [0.15, 0.2) is 12.3 Å². The topological polar surface area (TPSA) is 12.9 Å². The average Bonchev–Trinajstić information content (AvgIpc) is 2.02. The van der Waals surface area contributed by atoms with Gasteiger partial charge in [0.05, 0.1) is 0 Å². The number of nitrogens with zero attached hydrogens (tertiary/aromatic N) is 1. The highest BCUT2D eigenvalue weighted by Crippen LogP contribution is 2.28. The third-order valence-corrected chi connectivity index (χ3v) is 1.97. The van der Waals surface area contributed by atoms with Gasteiger partial charge in [-0.25, -0.2) is 4.39 Å². The van der Waals surface area contributed by atoms with E-state index in [0.29, 0.717) is 6.07 Å². The number of aromatic nitrogens is 1. The van der Waals surface area contributed by atoms with Crippen molar-refractivity contribution in [1.82, 2.24) is 4.98 Å². The molecule has 0 aliphatic carbocycles. The molecule has 0 spiro atoms. The number of pyridine rings is 1. The van der Waals surface area contributed by atoms with Crippen molar-refractivity contribution >= 4 is 15.9 Å². The van der Waals surface area contributed by atoms with Crippen LogP contribution in [0.3, 0.4) is 0 Å². The van der Waals surface area contributed by atoms with Gasteiger partial charge in [-0.15, -0.1) is 0 Å². The molecule has 6 heteroatoms. The van der Waals surface area contributed by atoms with Crippen LogP contribution in [0.2, 0.25) is 0 Å². The first-order valence-electron chi connectivity index (χ1n) is 3.22. The van der Waals surface area contributed by atoms with E-state index < -0.39 is 17.7 Å². The molecule has 0 aromatic carbocycles. The first kappa shape index (κ1) is 10.4. The largest absolute Gasteiger partial charge is 0.433 e. The van der Waals surface area contributed by atoms with Crippen LogP contribution in [-0.4, -0.2) is 4.98 Å². The highest BCUT2D eigenvalue weighted by molar-refractivity contribution is 9.08. The van der Waals surface area contributed by atoms with Crippen molar-refractivity contribution in [3.8, 4) is 0 Å². The summed E-state index contributed by atoms with van der Waals surface area (Å²) in [6.07, 6.45) is -3.72. The molecule has 1 nitrogen and oxygen atoms in total. The van der Waals surface area contributed by atoms with Crippen LogP contribution >= 0.6 is 15.9 Å². The monoisotopic (exact) mass is 257 g/mol. The average molecular weight is 258 g/mol. The van der Waals surface area contributed by atoms with Crippen molar-refractivity contribution in [3.05, 3.63) is 29.3 Å². The van der Waals surface area contributed by atoms with Gasteiger partial charge in [0, 0.05) is 23.2 Å². The van der Waals surface area contributed by atoms with E-state index in [-0.39, 0.29) is 10.9 Å². The van der Waals surface area contributed by atoms with Gasteiger partial charge in [-0.2, -0.15) is 13.2 Å². The van der Waals surface area contributed by atoms with E-state index in [1.165, 1.54) is 0 Å². The van der Waals surface area contributed by atoms with Crippen molar-refractivity contribution < 1.29 is 17.6 Å². The third kappa shape index (κ3) is 2.40. The highest BCUT2D eigenvalue weighted by atomic mass is 79.9. The first-order chi connectivity index (χ1) is 5.95. The molecule has 0 saturated heterocycles. The Balaban J connectivity index is 3.10. The summed E-state index contributed by atoms with van der Waals surface area (Å²) in [5.41, 5.74) is -1.11. The summed E-state index contributed by atoms with van der Waals surface area (Å²) in [7, 11) is 0. The summed E-state index contributed by atoms with van der Waals surface area (Å²) in [4.78, 5) is 3.09. The molecule has 0 atom stereocenters. The smallest absolute Gasteiger partial charge is 0.251 e. The molecule has 0 saturated carbocycles. The maximum absolute atomic E-state index is 12.8. The molecule has 72 valence electrons. The summed E-state index contributed by atoms with van der Waals surface area (Å²) in [5.74, 6) is -0.904. The van der Waals surface area contributed by atoms with Crippen LogP contribution in [0.1, 0.15) is 11.3 Å². The second-order valence-electron chi connectivity index (χ2n) is 2.29. The van der Waals surface area contributed by atoms with Crippen molar-refractivity contribution in [2.75, 3.05) is 0 Å². The Labute approximate surface area is 79.9 Å². The molecule has 0 radical (unpaired) electrons. The summed E-state index contributed by atoms with van der Waals surface area (Å²) in [5, 5.41) is 0.143. The van der Waals surface area contributed by atoms with Crippen molar-refractivity contribution in [1.29, 1.82) is 0 Å². The molecule has 1 rings (SSSR count). The number of halogens is 5. The second-order valence-corrected chi connectivity index (χ2v) is 2.85. The zero-order valence-corrected chi connectivity index (χ0v) is 7.78. The lowest BCUT2D eigenvalue weighted by Gasteiger charge is -2.06. The van der Waals surface area contributed by atoms with Gasteiger partial charge in [0.2, 0.25) is 0 Å². The van der Waals surface area contributed by atoms with Crippen LogP contribution in [0.5, 0.6) is 0 Å². The first-order valence-corrected chi connectivity index (χ1v) is 4.35. The fraction of sp³-hybridized carbons (Fsp3) is 0.286. The Morgan fingerprint density at radius 1 is 1.38 bits per heavy atom. The van der Waals surface area contributed by atoms with Gasteiger partial charge in [0.1, 0.15) is 11.5 Å². The number of hydrogen-bond donors (Lipinski definition) is 0. The van der Waals surface area contributed by atoms with E-state index in [1.807, 2.05) is 0 Å². The van der Waals surface area contributed by atoms with E-state index in [9.17, 15) is 17.6 Å². The van der Waals surface area contributed by atoms with Crippen LogP contribution in [-0.2, 0) is 11.5 Å². The Kier molecular flexibility index (Phi) is 2.90. The Morgan fingerprint density at radius 2 is 2.00 bits per heavy atom. The van der Waals surface area contributed by atoms with Crippen LogP contribution in [0.4, 0.5) is 17.6 Å². The van der Waals surface area contributed by atoms with Crippen molar-refractivity contribution in [2.24, 2.45) is 0 Å². The maximum Gasteiger partial charge on any atom is 0.433 e. The lowest BCUT2D eigenvalue weighted by atomic mass is 10.2. The molecule has 0 aliphatic rings. The Bertz CT molecular complexity index is 310. The summed E-state index contributed by atoms with van der Waals surface area (Å²) in [6.45, 7) is 0. The van der Waals surface area contributed by atoms with E-state index in [2.05, 4.69) is 20.9 Å². The van der Waals surface area contributed by atoms with Crippen LogP contribution in [0.25, 0.3) is 0 Å². The fourth-order valence-corrected chi connectivity index (χ4v) is 1.13. The second kappa shape index (κ2) is 3.61. The van der Waals surface area contributed by atoms with Gasteiger partial charge in [-0.05, 0) is 0 Å². The van der Waals surface area contributed by atoms with Gasteiger partial charge in [-0.3, -0.25) is 4.98 Å². The molecular weight excluding hydrogens is 254 g/mol. The normalized spacial score (nSPS) is 11.8. The minimum absolute atomic E-state index is 0.105. The zero-order valence-electron chi connectivity index (χ0n) is 6.20. The minimum Gasteiger partial charge on any atom is -0.251 e. The molecule has 1 aromatic heterocycles. The quantitative estimate of drug-likeness (QED) is 0.557. The van der Waals surface area contributed by atoms with Crippen molar-refractivity contribution in [3.63, 3.8) is 0 Å². The number of rotatable bonds is 1. The lowest BCUT2D eigenvalue weighted by Crippen LogP contribution is -2.08. The predicted octanol–water partition coefficient (Wildman–Crippen LogP) is 3.13. The Morgan fingerprint density at radius 3 is 2.38 bits per heavy atom. The van der Waals surface area contributed by atoms with E-state index in [1.54, 1.807) is 0 Å².